The minimum Gasteiger partial charge on any atom is -0.462 e. The number of non-ortho nitro benzene ring substituents is 1. The number of nitrogens with zero attached hydrogens (tertiary/aromatic N) is 1. The lowest BCUT2D eigenvalue weighted by atomic mass is 9.95. The molecule has 4 rings (SSSR count). The molecule has 0 radical (unpaired) electrons. The maximum Gasteiger partial charge on any atom is 0.341 e. The zero-order valence-corrected chi connectivity index (χ0v) is 17.6. The summed E-state index contributed by atoms with van der Waals surface area (Å²) in [5.41, 5.74) is 2.00. The van der Waals surface area contributed by atoms with Crippen LogP contribution in [0.4, 0.5) is 10.7 Å². The number of anilines is 1. The van der Waals surface area contributed by atoms with E-state index in [0.717, 1.165) is 36.1 Å². The SMILES string of the molecule is CCOC(=O)c1c(NC(=O)c2ccc(-c3ccc([N+](=O)[O-])cc3)o2)sc2c1CCCC2. The van der Waals surface area contributed by atoms with Crippen molar-refractivity contribution >= 4 is 33.9 Å². The molecule has 1 aliphatic rings. The van der Waals surface area contributed by atoms with Crippen molar-refractivity contribution in [2.75, 3.05) is 11.9 Å². The van der Waals surface area contributed by atoms with E-state index < -0.39 is 16.8 Å². The van der Waals surface area contributed by atoms with Crippen molar-refractivity contribution in [2.45, 2.75) is 32.6 Å². The minimum atomic E-state index is -0.480. The Labute approximate surface area is 182 Å². The van der Waals surface area contributed by atoms with Crippen molar-refractivity contribution < 1.29 is 23.7 Å². The van der Waals surface area contributed by atoms with Gasteiger partial charge in [-0.2, -0.15) is 0 Å². The zero-order chi connectivity index (χ0) is 22.0. The fourth-order valence-electron chi connectivity index (χ4n) is 3.60. The first-order valence-corrected chi connectivity index (χ1v) is 10.8. The third-order valence-electron chi connectivity index (χ3n) is 5.07. The van der Waals surface area contributed by atoms with Crippen LogP contribution in [-0.2, 0) is 17.6 Å². The molecule has 0 saturated carbocycles. The summed E-state index contributed by atoms with van der Waals surface area (Å²) in [7, 11) is 0. The van der Waals surface area contributed by atoms with Gasteiger partial charge in [-0.3, -0.25) is 14.9 Å². The summed E-state index contributed by atoms with van der Waals surface area (Å²) in [5.74, 6) is -0.411. The molecule has 1 amide bonds. The molecule has 8 nitrogen and oxygen atoms in total. The van der Waals surface area contributed by atoms with Crippen molar-refractivity contribution in [3.63, 3.8) is 0 Å². The van der Waals surface area contributed by atoms with Crippen LogP contribution < -0.4 is 5.32 Å². The van der Waals surface area contributed by atoms with Crippen LogP contribution in [0, 0.1) is 10.1 Å². The number of nitro groups is 1. The van der Waals surface area contributed by atoms with Gasteiger partial charge in [-0.15, -0.1) is 11.3 Å². The number of fused-ring (bicyclic) bond motifs is 1. The predicted octanol–water partition coefficient (Wildman–Crippen LogP) is 5.22. The fourth-order valence-corrected chi connectivity index (χ4v) is 4.87. The van der Waals surface area contributed by atoms with Gasteiger partial charge in [-0.25, -0.2) is 4.79 Å². The molecular formula is C22H20N2O6S. The Balaban J connectivity index is 1.57. The van der Waals surface area contributed by atoms with Crippen LogP contribution in [0.25, 0.3) is 11.3 Å². The molecule has 1 N–H and O–H groups in total. The normalized spacial score (nSPS) is 12.8. The molecule has 0 fully saturated rings. The van der Waals surface area contributed by atoms with Gasteiger partial charge in [0.1, 0.15) is 10.8 Å². The molecule has 31 heavy (non-hydrogen) atoms. The Bertz CT molecular complexity index is 1150. The fraction of sp³-hybridized carbons (Fsp3) is 0.273. The highest BCUT2D eigenvalue weighted by Gasteiger charge is 2.28. The Morgan fingerprint density at radius 2 is 1.90 bits per heavy atom. The molecule has 3 aromatic rings. The summed E-state index contributed by atoms with van der Waals surface area (Å²) in [4.78, 5) is 36.8. The van der Waals surface area contributed by atoms with Crippen LogP contribution in [0.15, 0.2) is 40.8 Å². The molecule has 0 spiro atoms. The van der Waals surface area contributed by atoms with Gasteiger partial charge in [0.2, 0.25) is 0 Å². The first-order valence-electron chi connectivity index (χ1n) is 9.95. The quantitative estimate of drug-likeness (QED) is 0.319. The highest BCUT2D eigenvalue weighted by atomic mass is 32.1. The van der Waals surface area contributed by atoms with Crippen LogP contribution in [-0.4, -0.2) is 23.4 Å². The molecular weight excluding hydrogens is 420 g/mol. The number of hydrogen-bond acceptors (Lipinski definition) is 7. The maximum absolute atomic E-state index is 12.8. The average molecular weight is 440 g/mol. The summed E-state index contributed by atoms with van der Waals surface area (Å²) in [6.07, 6.45) is 3.73. The van der Waals surface area contributed by atoms with Gasteiger partial charge in [0.25, 0.3) is 11.6 Å². The molecule has 160 valence electrons. The van der Waals surface area contributed by atoms with E-state index >= 15 is 0 Å². The number of furan rings is 1. The van der Waals surface area contributed by atoms with Gasteiger partial charge in [-0.05, 0) is 62.4 Å². The molecule has 2 heterocycles. The summed E-state index contributed by atoms with van der Waals surface area (Å²) in [6.45, 7) is 2.01. The van der Waals surface area contributed by atoms with E-state index in [4.69, 9.17) is 9.15 Å². The molecule has 0 bridgehead atoms. The van der Waals surface area contributed by atoms with Crippen molar-refractivity contribution in [3.05, 3.63) is 68.3 Å². The number of nitrogens with one attached hydrogen (secondary N) is 1. The monoisotopic (exact) mass is 440 g/mol. The molecule has 0 aliphatic heterocycles. The summed E-state index contributed by atoms with van der Waals surface area (Å²) < 4.78 is 10.9. The van der Waals surface area contributed by atoms with Gasteiger partial charge in [-0.1, -0.05) is 0 Å². The largest absolute Gasteiger partial charge is 0.462 e. The standard InChI is InChI=1S/C22H20N2O6S/c1-2-29-22(26)19-15-5-3-4-6-18(15)31-21(19)23-20(25)17-12-11-16(30-17)13-7-9-14(10-8-13)24(27)28/h7-12H,2-6H2,1H3,(H,23,25). The Hall–Kier alpha value is -3.46. The maximum atomic E-state index is 12.8. The minimum absolute atomic E-state index is 0.0265. The van der Waals surface area contributed by atoms with Gasteiger partial charge in [0.15, 0.2) is 5.76 Å². The third kappa shape index (κ3) is 4.22. The van der Waals surface area contributed by atoms with Gasteiger partial charge in [0.05, 0.1) is 17.1 Å². The van der Waals surface area contributed by atoms with E-state index in [0.29, 0.717) is 21.9 Å². The second kappa shape index (κ2) is 8.73. The number of esters is 1. The average Bonchev–Trinajstić information content (AvgIpc) is 3.39. The first-order chi connectivity index (χ1) is 15.0. The molecule has 0 unspecified atom stereocenters. The van der Waals surface area contributed by atoms with E-state index in [9.17, 15) is 19.7 Å². The predicted molar refractivity (Wildman–Crippen MR) is 116 cm³/mol. The number of hydrogen-bond donors (Lipinski definition) is 1. The van der Waals surface area contributed by atoms with E-state index in [2.05, 4.69) is 5.32 Å². The molecule has 0 atom stereocenters. The second-order valence-corrected chi connectivity index (χ2v) is 8.16. The second-order valence-electron chi connectivity index (χ2n) is 7.06. The molecule has 9 heteroatoms. The van der Waals surface area contributed by atoms with Gasteiger partial charge in [0, 0.05) is 22.6 Å². The van der Waals surface area contributed by atoms with Crippen molar-refractivity contribution in [1.29, 1.82) is 0 Å². The third-order valence-corrected chi connectivity index (χ3v) is 6.28. The Kier molecular flexibility index (Phi) is 5.85. The van der Waals surface area contributed by atoms with E-state index in [1.165, 1.54) is 29.5 Å². The lowest BCUT2D eigenvalue weighted by Crippen LogP contribution is -2.15. The molecule has 1 aliphatic carbocycles. The van der Waals surface area contributed by atoms with E-state index in [-0.39, 0.29) is 18.1 Å². The first kappa shape index (κ1) is 20.8. The lowest BCUT2D eigenvalue weighted by Gasteiger charge is -2.12. The van der Waals surface area contributed by atoms with Crippen LogP contribution in [0.1, 0.15) is 51.1 Å². The number of rotatable bonds is 6. The van der Waals surface area contributed by atoms with Crippen LogP contribution in [0.5, 0.6) is 0 Å². The van der Waals surface area contributed by atoms with Crippen molar-refractivity contribution in [2.24, 2.45) is 0 Å². The number of nitro benzene ring substituents is 1. The number of benzene rings is 1. The van der Waals surface area contributed by atoms with Crippen molar-refractivity contribution in [1.82, 2.24) is 0 Å². The number of aryl methyl sites for hydroxylation is 1. The van der Waals surface area contributed by atoms with Gasteiger partial charge >= 0.3 is 5.97 Å². The number of ether oxygens (including phenoxy) is 1. The number of amides is 1. The number of carbonyl (C=O) groups is 2. The van der Waals surface area contributed by atoms with Crippen LogP contribution in [0.2, 0.25) is 0 Å². The number of thiophene rings is 1. The smallest absolute Gasteiger partial charge is 0.341 e. The van der Waals surface area contributed by atoms with Gasteiger partial charge < -0.3 is 14.5 Å². The summed E-state index contributed by atoms with van der Waals surface area (Å²) in [6, 6.07) is 9.03. The van der Waals surface area contributed by atoms with Crippen molar-refractivity contribution in [3.8, 4) is 11.3 Å². The van der Waals surface area contributed by atoms with Crippen LogP contribution in [0.3, 0.4) is 0 Å². The Morgan fingerprint density at radius 1 is 1.16 bits per heavy atom. The highest BCUT2D eigenvalue weighted by Crippen LogP contribution is 2.39. The highest BCUT2D eigenvalue weighted by molar-refractivity contribution is 7.17. The zero-order valence-electron chi connectivity index (χ0n) is 16.8. The molecule has 1 aromatic carbocycles. The molecule has 0 saturated heterocycles. The topological polar surface area (TPSA) is 112 Å². The van der Waals surface area contributed by atoms with E-state index in [1.54, 1.807) is 25.1 Å². The summed E-state index contributed by atoms with van der Waals surface area (Å²) in [5, 5.41) is 14.1. The van der Waals surface area contributed by atoms with E-state index in [1.807, 2.05) is 0 Å². The lowest BCUT2D eigenvalue weighted by molar-refractivity contribution is -0.384. The molecule has 2 aromatic heterocycles. The summed E-state index contributed by atoms with van der Waals surface area (Å²) >= 11 is 1.41. The Morgan fingerprint density at radius 3 is 2.61 bits per heavy atom. The van der Waals surface area contributed by atoms with Crippen LogP contribution >= 0.6 is 11.3 Å². The number of carbonyl (C=O) groups excluding carboxylic acids is 2.